The fourth-order valence-electron chi connectivity index (χ4n) is 7.56. The summed E-state index contributed by atoms with van der Waals surface area (Å²) in [6.45, 7) is 39.1. The van der Waals surface area contributed by atoms with Crippen molar-refractivity contribution in [3.8, 4) is 11.1 Å². The number of rotatable bonds is 3. The van der Waals surface area contributed by atoms with Gasteiger partial charge in [-0.15, -0.1) is 6.58 Å². The highest BCUT2D eigenvalue weighted by atomic mass is 14.6. The molecule has 6 aromatic carbocycles. The molecule has 0 spiro atoms. The zero-order valence-electron chi connectivity index (χ0n) is 42.6. The van der Waals surface area contributed by atoms with Crippen LogP contribution >= 0.6 is 0 Å². The number of allylic oxidation sites excluding steroid dienone is 5. The molecule has 0 unspecified atom stereocenters. The number of hydrogen-bond acceptors (Lipinski definition) is 1. The molecule has 1 heteroatoms. The molecule has 1 nitrogen and oxygen atoms in total. The minimum absolute atomic E-state index is 0.0540. The Morgan fingerprint density at radius 3 is 1.34 bits per heavy atom. The topological polar surface area (TPSA) is 26.0 Å². The molecule has 0 saturated carbocycles. The van der Waals surface area contributed by atoms with Gasteiger partial charge in [-0.2, -0.15) is 0 Å². The second-order valence-corrected chi connectivity index (χ2v) is 16.6. The Bertz CT molecular complexity index is 2280. The standard InChI is InChI=1S/C30H30.C8H9N.2C7H8.C4H8.C3H8.2C2H6/c1-19-10-6-7-11-23(19)24-15-14-22(18-20(24)2)25-16-17-27-26-12-8-9-13-28(26)30(4,5)29(27)21(25)3;1-7(9)8-5-3-2-4-6-8;2*1-7-5-3-2-4-6-7;1-4(2)3;1-3-2;2*1-2/h6-13,16-18H,14-15H2,1-5H3;2-6H,1,9H2;2*2-6H,1H3;1H2,2-3H3;3H2,1-2H3;2*1-2H3. The molecule has 8 rings (SSSR count). The average Bonchev–Trinajstić information content (AvgIpc) is 3.53. The summed E-state index contributed by atoms with van der Waals surface area (Å²) in [7, 11) is 0. The van der Waals surface area contributed by atoms with Crippen LogP contribution in [0.3, 0.4) is 0 Å². The predicted octanol–water partition coefficient (Wildman–Crippen LogP) is 18.9. The predicted molar refractivity (Wildman–Crippen MR) is 291 cm³/mol. The third kappa shape index (κ3) is 17.7. The molecule has 2 N–H and O–H groups in total. The van der Waals surface area contributed by atoms with Crippen molar-refractivity contribution < 1.29 is 0 Å². The van der Waals surface area contributed by atoms with Crippen molar-refractivity contribution in [2.45, 2.75) is 129 Å². The Labute approximate surface area is 392 Å². The third-order valence-corrected chi connectivity index (χ3v) is 10.3. The zero-order valence-corrected chi connectivity index (χ0v) is 42.6. The quantitative estimate of drug-likeness (QED) is 0.176. The summed E-state index contributed by atoms with van der Waals surface area (Å²) in [5.74, 6) is 0. The van der Waals surface area contributed by atoms with E-state index in [2.05, 4.69) is 166 Å². The van der Waals surface area contributed by atoms with Gasteiger partial charge in [-0.1, -0.05) is 243 Å². The largest absolute Gasteiger partial charge is 0.399 e. The van der Waals surface area contributed by atoms with Crippen LogP contribution in [0.25, 0.3) is 28.0 Å². The van der Waals surface area contributed by atoms with Gasteiger partial charge in [-0.3, -0.25) is 0 Å². The van der Waals surface area contributed by atoms with E-state index in [1.807, 2.05) is 108 Å². The number of nitrogens with two attached hydrogens (primary N) is 1. The summed E-state index contributed by atoms with van der Waals surface area (Å²) >= 11 is 0. The molecule has 0 heterocycles. The Balaban J connectivity index is 0.000000488. The highest BCUT2D eigenvalue weighted by Gasteiger charge is 2.37. The molecule has 0 atom stereocenters. The van der Waals surface area contributed by atoms with Crippen LogP contribution < -0.4 is 5.73 Å². The fraction of sp³-hybridized carbons (Fsp3) is 0.302. The van der Waals surface area contributed by atoms with Crippen molar-refractivity contribution in [1.82, 2.24) is 0 Å². The first-order valence-corrected chi connectivity index (χ1v) is 23.5. The van der Waals surface area contributed by atoms with Crippen molar-refractivity contribution in [3.63, 3.8) is 0 Å². The van der Waals surface area contributed by atoms with Crippen LogP contribution in [0.5, 0.6) is 0 Å². The molecule has 2 aliphatic rings. The molecule has 0 amide bonds. The number of hydrogen-bond donors (Lipinski definition) is 1. The van der Waals surface area contributed by atoms with E-state index in [1.54, 1.807) is 0 Å². The minimum atomic E-state index is 0.0540. The van der Waals surface area contributed by atoms with Crippen molar-refractivity contribution in [3.05, 3.63) is 232 Å². The second kappa shape index (κ2) is 30.2. The van der Waals surface area contributed by atoms with Crippen LogP contribution in [-0.4, -0.2) is 0 Å². The van der Waals surface area contributed by atoms with Crippen molar-refractivity contribution in [1.29, 1.82) is 0 Å². The normalized spacial score (nSPS) is 12.0. The van der Waals surface area contributed by atoms with E-state index < -0.39 is 0 Å². The van der Waals surface area contributed by atoms with Crippen LogP contribution in [0, 0.1) is 27.7 Å². The minimum Gasteiger partial charge on any atom is -0.399 e. The summed E-state index contributed by atoms with van der Waals surface area (Å²) in [5, 5.41) is 0. The van der Waals surface area contributed by atoms with E-state index in [9.17, 15) is 0 Å². The highest BCUT2D eigenvalue weighted by Crippen LogP contribution is 2.51. The van der Waals surface area contributed by atoms with Crippen molar-refractivity contribution in [2.75, 3.05) is 0 Å². The van der Waals surface area contributed by atoms with Gasteiger partial charge in [0.1, 0.15) is 0 Å². The molecule has 0 bridgehead atoms. The molecule has 64 heavy (non-hydrogen) atoms. The molecule has 0 radical (unpaired) electrons. The van der Waals surface area contributed by atoms with Gasteiger partial charge in [0.05, 0.1) is 0 Å². The molecule has 0 aromatic heterocycles. The number of fused-ring (bicyclic) bond motifs is 3. The zero-order chi connectivity index (χ0) is 48.2. The maximum absolute atomic E-state index is 5.42. The number of benzene rings is 6. The van der Waals surface area contributed by atoms with E-state index in [4.69, 9.17) is 5.73 Å². The van der Waals surface area contributed by atoms with Gasteiger partial charge in [0, 0.05) is 11.1 Å². The van der Waals surface area contributed by atoms with Crippen molar-refractivity contribution in [2.24, 2.45) is 5.73 Å². The first-order valence-electron chi connectivity index (χ1n) is 23.5. The van der Waals surface area contributed by atoms with Crippen LogP contribution in [0.15, 0.2) is 182 Å². The molecule has 6 aromatic rings. The lowest BCUT2D eigenvalue weighted by Gasteiger charge is -2.26. The Kier molecular flexibility index (Phi) is 26.5. The van der Waals surface area contributed by atoms with E-state index >= 15 is 0 Å². The molecule has 0 aliphatic heterocycles. The monoisotopic (exact) mass is 854 g/mol. The Morgan fingerprint density at radius 1 is 0.531 bits per heavy atom. The first-order chi connectivity index (χ1) is 30.6. The lowest BCUT2D eigenvalue weighted by Crippen LogP contribution is -2.17. The van der Waals surface area contributed by atoms with Gasteiger partial charge < -0.3 is 5.73 Å². The fourth-order valence-corrected chi connectivity index (χ4v) is 7.56. The molecular formula is C63H83N. The molecule has 0 fully saturated rings. The smallest absolute Gasteiger partial charge is 0.0314 e. The lowest BCUT2D eigenvalue weighted by molar-refractivity contribution is 0.655. The lowest BCUT2D eigenvalue weighted by atomic mass is 9.77. The second-order valence-electron chi connectivity index (χ2n) is 16.6. The Morgan fingerprint density at radius 2 is 0.938 bits per heavy atom. The van der Waals surface area contributed by atoms with Crippen molar-refractivity contribution >= 4 is 16.8 Å². The third-order valence-electron chi connectivity index (χ3n) is 10.3. The van der Waals surface area contributed by atoms with Gasteiger partial charge in [0.15, 0.2) is 0 Å². The van der Waals surface area contributed by atoms with E-state index in [1.165, 1.54) is 84.3 Å². The van der Waals surface area contributed by atoms with Crippen LogP contribution in [-0.2, 0) is 5.41 Å². The molecule has 2 aliphatic carbocycles. The maximum Gasteiger partial charge on any atom is 0.0314 e. The molecule has 340 valence electrons. The SMILES string of the molecule is C=C(C)C.C=C(N)c1ccccc1.CC.CC.CC1=C(c2ccccc2C)CCC(c2ccc3c(c2C)C(C)(C)c2ccccc2-3)=C1.CCC.Cc1ccccc1.Cc1ccccc1. The summed E-state index contributed by atoms with van der Waals surface area (Å²) in [5.41, 5.74) is 26.7. The van der Waals surface area contributed by atoms with Gasteiger partial charge in [0.25, 0.3) is 0 Å². The van der Waals surface area contributed by atoms with Crippen LogP contribution in [0.2, 0.25) is 0 Å². The first kappa shape index (κ1) is 56.1. The molecule has 0 saturated heterocycles. The van der Waals surface area contributed by atoms with Gasteiger partial charge in [-0.05, 0) is 128 Å². The highest BCUT2D eigenvalue weighted by molar-refractivity contribution is 5.87. The number of aryl methyl sites for hydroxylation is 3. The van der Waals surface area contributed by atoms with E-state index in [0.717, 1.165) is 18.4 Å². The Hall–Kier alpha value is -5.92. The summed E-state index contributed by atoms with van der Waals surface area (Å²) in [6, 6.07) is 52.6. The summed E-state index contributed by atoms with van der Waals surface area (Å²) < 4.78 is 0. The van der Waals surface area contributed by atoms with Crippen LogP contribution in [0.1, 0.15) is 145 Å². The van der Waals surface area contributed by atoms with Gasteiger partial charge in [0.2, 0.25) is 0 Å². The van der Waals surface area contributed by atoms with Gasteiger partial charge >= 0.3 is 0 Å². The van der Waals surface area contributed by atoms with Gasteiger partial charge in [-0.25, -0.2) is 0 Å². The van der Waals surface area contributed by atoms with E-state index in [0.29, 0.717) is 5.70 Å². The summed E-state index contributed by atoms with van der Waals surface area (Å²) in [4.78, 5) is 0. The average molecular weight is 854 g/mol. The van der Waals surface area contributed by atoms with Crippen LogP contribution in [0.4, 0.5) is 0 Å². The molecular weight excluding hydrogens is 771 g/mol. The maximum atomic E-state index is 5.42. The van der Waals surface area contributed by atoms with E-state index in [-0.39, 0.29) is 5.41 Å². The summed E-state index contributed by atoms with van der Waals surface area (Å²) in [6.07, 6.45) is 5.91.